The summed E-state index contributed by atoms with van der Waals surface area (Å²) in [6.07, 6.45) is 1.89. The summed E-state index contributed by atoms with van der Waals surface area (Å²) in [5.74, 6) is -1.87. The third kappa shape index (κ3) is 11.5. The zero-order chi connectivity index (χ0) is 33.0. The maximum atomic E-state index is 13.7. The van der Waals surface area contributed by atoms with Crippen molar-refractivity contribution in [2.45, 2.75) is 84.9 Å². The molecule has 3 atom stereocenters. The zero-order valence-electron chi connectivity index (χ0n) is 27.9. The van der Waals surface area contributed by atoms with E-state index in [2.05, 4.69) is 47.9 Å². The predicted molar refractivity (Wildman–Crippen MR) is 179 cm³/mol. The first-order valence-electron chi connectivity index (χ1n) is 15.9. The van der Waals surface area contributed by atoms with Crippen LogP contribution in [-0.4, -0.2) is 43.1 Å². The lowest BCUT2D eigenvalue weighted by atomic mass is 9.92. The molecule has 0 aliphatic rings. The van der Waals surface area contributed by atoms with Crippen LogP contribution >= 0.6 is 0 Å². The fourth-order valence-electron chi connectivity index (χ4n) is 5.43. The van der Waals surface area contributed by atoms with Crippen LogP contribution in [0.5, 0.6) is 0 Å². The molecular weight excluding hydrogens is 564 g/mol. The first-order valence-corrected chi connectivity index (χ1v) is 15.9. The Kier molecular flexibility index (Phi) is 13.4. The average Bonchev–Trinajstić information content (AvgIpc) is 2.99. The van der Waals surface area contributed by atoms with Crippen molar-refractivity contribution in [3.05, 3.63) is 95.6 Å². The molecule has 0 saturated carbocycles. The molecule has 0 heterocycles. The summed E-state index contributed by atoms with van der Waals surface area (Å²) < 4.78 is 10.9. The Morgan fingerprint density at radius 1 is 0.844 bits per heavy atom. The largest absolute Gasteiger partial charge is 0.460 e. The highest BCUT2D eigenvalue weighted by Crippen LogP contribution is 2.25. The lowest BCUT2D eigenvalue weighted by Gasteiger charge is -2.27. The van der Waals surface area contributed by atoms with Gasteiger partial charge >= 0.3 is 5.97 Å². The third-order valence-corrected chi connectivity index (χ3v) is 7.70. The molecule has 0 bridgehead atoms. The lowest BCUT2D eigenvalue weighted by Crippen LogP contribution is -2.52. The number of amides is 2. The summed E-state index contributed by atoms with van der Waals surface area (Å²) >= 11 is 0. The number of aryl methyl sites for hydroxylation is 2. The normalized spacial score (nSPS) is 13.5. The Bertz CT molecular complexity index is 1380. The highest BCUT2D eigenvalue weighted by Gasteiger charge is 2.31. The molecule has 45 heavy (non-hydrogen) atoms. The number of carbonyl (C=O) groups excluding carboxylic acids is 3. The van der Waals surface area contributed by atoms with Crippen LogP contribution in [0.15, 0.2) is 78.9 Å². The minimum absolute atomic E-state index is 0.0577. The number of nitrogens with one attached hydrogen (secondary N) is 2. The van der Waals surface area contributed by atoms with E-state index in [1.807, 2.05) is 83.1 Å². The first kappa shape index (κ1) is 35.5. The summed E-state index contributed by atoms with van der Waals surface area (Å²) in [6, 6.07) is 25.2. The van der Waals surface area contributed by atoms with Gasteiger partial charge in [0.1, 0.15) is 11.6 Å². The van der Waals surface area contributed by atoms with Crippen LogP contribution in [0, 0.1) is 18.8 Å². The molecule has 0 spiro atoms. The molecule has 0 saturated heterocycles. The minimum Gasteiger partial charge on any atom is -0.460 e. The number of esters is 1. The van der Waals surface area contributed by atoms with Crippen molar-refractivity contribution >= 4 is 17.8 Å². The van der Waals surface area contributed by atoms with Gasteiger partial charge in [0.2, 0.25) is 11.8 Å². The van der Waals surface area contributed by atoms with Crippen LogP contribution in [0.1, 0.15) is 76.6 Å². The van der Waals surface area contributed by atoms with E-state index in [1.165, 1.54) is 22.3 Å². The van der Waals surface area contributed by atoms with Crippen LogP contribution in [-0.2, 0) is 30.3 Å². The number of methoxy groups -OCH3 is 1. The number of hydrogen-bond donors (Lipinski definition) is 2. The summed E-state index contributed by atoms with van der Waals surface area (Å²) in [7, 11) is 1.59. The van der Waals surface area contributed by atoms with Crippen LogP contribution in [0.3, 0.4) is 0 Å². The second-order valence-electron chi connectivity index (χ2n) is 13.1. The van der Waals surface area contributed by atoms with E-state index in [-0.39, 0.29) is 30.2 Å². The summed E-state index contributed by atoms with van der Waals surface area (Å²) in [5, 5.41) is 6.02. The summed E-state index contributed by atoms with van der Waals surface area (Å²) in [6.45, 7) is 11.6. The fourth-order valence-corrected chi connectivity index (χ4v) is 5.43. The van der Waals surface area contributed by atoms with Crippen LogP contribution in [0.4, 0.5) is 0 Å². The Labute approximate surface area is 269 Å². The SMILES string of the molecule is COC[C@@H](NC(=O)[C@@H](NC(=O)[C@H](CCCc1ccc(-c2ccccc2)c(C)c1)CC(=O)OC(C)(C)C)C(C)C)c1ccccc1. The molecular formula is C38H50N2O5. The highest BCUT2D eigenvalue weighted by molar-refractivity contribution is 5.90. The molecule has 0 aromatic heterocycles. The van der Waals surface area contributed by atoms with E-state index < -0.39 is 23.5 Å². The Morgan fingerprint density at radius 2 is 1.49 bits per heavy atom. The third-order valence-electron chi connectivity index (χ3n) is 7.70. The monoisotopic (exact) mass is 614 g/mol. The van der Waals surface area contributed by atoms with Gasteiger partial charge in [0, 0.05) is 13.0 Å². The van der Waals surface area contributed by atoms with Crippen molar-refractivity contribution in [2.75, 3.05) is 13.7 Å². The maximum absolute atomic E-state index is 13.7. The van der Waals surface area contributed by atoms with Crippen molar-refractivity contribution < 1.29 is 23.9 Å². The van der Waals surface area contributed by atoms with Gasteiger partial charge in [-0.3, -0.25) is 14.4 Å². The molecule has 0 fully saturated rings. The van der Waals surface area contributed by atoms with Crippen molar-refractivity contribution in [2.24, 2.45) is 11.8 Å². The van der Waals surface area contributed by atoms with E-state index >= 15 is 0 Å². The standard InChI is InChI=1S/C38H50N2O5/c1-26(2)35(37(43)39-33(25-44-7)30-18-12-9-13-19-30)40-36(42)31(24-34(41)45-38(4,5)6)20-14-15-28-21-22-32(27(3)23-28)29-16-10-8-11-17-29/h8-13,16-19,21-23,26,31,33,35H,14-15,20,24-25H2,1-7H3,(H,39,43)(H,40,42)/t31-,33-,35+/m1/s1. The quantitative estimate of drug-likeness (QED) is 0.180. The van der Waals surface area contributed by atoms with Crippen LogP contribution in [0.25, 0.3) is 11.1 Å². The van der Waals surface area contributed by atoms with Crippen molar-refractivity contribution in [1.29, 1.82) is 0 Å². The Balaban J connectivity index is 1.71. The smallest absolute Gasteiger partial charge is 0.307 e. The molecule has 2 N–H and O–H groups in total. The Hall–Kier alpha value is -3.97. The second-order valence-corrected chi connectivity index (χ2v) is 13.1. The lowest BCUT2D eigenvalue weighted by molar-refractivity contribution is -0.157. The predicted octanol–water partition coefficient (Wildman–Crippen LogP) is 6.98. The van der Waals surface area contributed by atoms with Gasteiger partial charge in [0.15, 0.2) is 0 Å². The molecule has 242 valence electrons. The van der Waals surface area contributed by atoms with E-state index in [1.54, 1.807) is 7.11 Å². The fraction of sp³-hybridized carbons (Fsp3) is 0.447. The topological polar surface area (TPSA) is 93.7 Å². The summed E-state index contributed by atoms with van der Waals surface area (Å²) in [4.78, 5) is 40.1. The van der Waals surface area contributed by atoms with Gasteiger partial charge in [-0.1, -0.05) is 92.7 Å². The molecule has 7 heteroatoms. The molecule has 0 radical (unpaired) electrons. The minimum atomic E-state index is -0.783. The molecule has 2 amide bonds. The maximum Gasteiger partial charge on any atom is 0.307 e. The number of carbonyl (C=O) groups is 3. The number of ether oxygens (including phenoxy) is 2. The molecule has 7 nitrogen and oxygen atoms in total. The highest BCUT2D eigenvalue weighted by atomic mass is 16.6. The van der Waals surface area contributed by atoms with Gasteiger partial charge in [-0.15, -0.1) is 0 Å². The number of benzene rings is 3. The van der Waals surface area contributed by atoms with E-state index in [0.29, 0.717) is 19.4 Å². The summed E-state index contributed by atoms with van der Waals surface area (Å²) in [5.41, 5.74) is 4.99. The van der Waals surface area contributed by atoms with E-state index in [9.17, 15) is 14.4 Å². The average molecular weight is 615 g/mol. The van der Waals surface area contributed by atoms with Gasteiger partial charge in [-0.05, 0) is 80.7 Å². The number of rotatable bonds is 15. The van der Waals surface area contributed by atoms with Gasteiger partial charge < -0.3 is 20.1 Å². The molecule has 3 rings (SSSR count). The van der Waals surface area contributed by atoms with E-state index in [0.717, 1.165) is 12.0 Å². The van der Waals surface area contributed by atoms with Gasteiger partial charge in [-0.25, -0.2) is 0 Å². The second kappa shape index (κ2) is 16.9. The van der Waals surface area contributed by atoms with E-state index in [4.69, 9.17) is 9.47 Å². The van der Waals surface area contributed by atoms with Crippen molar-refractivity contribution in [3.8, 4) is 11.1 Å². The van der Waals surface area contributed by atoms with Crippen molar-refractivity contribution in [3.63, 3.8) is 0 Å². The molecule has 0 aliphatic heterocycles. The van der Waals surface area contributed by atoms with Gasteiger partial charge in [-0.2, -0.15) is 0 Å². The van der Waals surface area contributed by atoms with Crippen LogP contribution in [0.2, 0.25) is 0 Å². The molecule has 3 aromatic rings. The van der Waals surface area contributed by atoms with Crippen LogP contribution < -0.4 is 10.6 Å². The zero-order valence-corrected chi connectivity index (χ0v) is 27.9. The Morgan fingerprint density at radius 3 is 2.07 bits per heavy atom. The first-order chi connectivity index (χ1) is 21.4. The van der Waals surface area contributed by atoms with Gasteiger partial charge in [0.05, 0.1) is 19.1 Å². The van der Waals surface area contributed by atoms with Gasteiger partial charge in [0.25, 0.3) is 0 Å². The molecule has 3 aromatic carbocycles. The molecule has 0 aliphatic carbocycles. The number of hydrogen-bond acceptors (Lipinski definition) is 5. The van der Waals surface area contributed by atoms with Crippen molar-refractivity contribution in [1.82, 2.24) is 10.6 Å². The molecule has 0 unspecified atom stereocenters.